The topological polar surface area (TPSA) is 72.7 Å². The number of pyridine rings is 1. The Bertz CT molecular complexity index is 1140. The lowest BCUT2D eigenvalue weighted by Gasteiger charge is -2.12. The lowest BCUT2D eigenvalue weighted by molar-refractivity contribution is 0.102. The molecule has 0 bridgehead atoms. The number of benzene rings is 2. The first-order valence-corrected chi connectivity index (χ1v) is 9.76. The minimum absolute atomic E-state index is 0.134. The number of aryl methyl sites for hydroxylation is 1. The molecule has 4 rings (SSSR count). The predicted octanol–water partition coefficient (Wildman–Crippen LogP) is 4.47. The van der Waals surface area contributed by atoms with Crippen LogP contribution in [0.5, 0.6) is 0 Å². The van der Waals surface area contributed by atoms with Crippen molar-refractivity contribution < 1.29 is 4.79 Å². The van der Waals surface area contributed by atoms with Gasteiger partial charge < -0.3 is 9.88 Å². The molecule has 4 aromatic rings. The number of hydrogen-bond donors (Lipinski definition) is 1. The molecule has 0 fully saturated rings. The SMILES string of the molecule is C[C@H](Sc1nncn1C)c1cccc(C(=O)Nc2ccc3ccccc3n2)c1. The molecule has 2 heterocycles. The van der Waals surface area contributed by atoms with Crippen LogP contribution >= 0.6 is 11.8 Å². The number of nitrogens with one attached hydrogen (secondary N) is 1. The van der Waals surface area contributed by atoms with Crippen LogP contribution in [0.2, 0.25) is 0 Å². The van der Waals surface area contributed by atoms with Crippen LogP contribution in [0.4, 0.5) is 5.82 Å². The lowest BCUT2D eigenvalue weighted by atomic mass is 10.1. The zero-order valence-electron chi connectivity index (χ0n) is 15.5. The van der Waals surface area contributed by atoms with Crippen LogP contribution in [-0.2, 0) is 7.05 Å². The van der Waals surface area contributed by atoms with Gasteiger partial charge in [-0.05, 0) is 42.8 Å². The number of thioether (sulfide) groups is 1. The van der Waals surface area contributed by atoms with Gasteiger partial charge in [-0.15, -0.1) is 10.2 Å². The van der Waals surface area contributed by atoms with E-state index in [0.29, 0.717) is 11.4 Å². The Kier molecular flexibility index (Phi) is 5.08. The number of carbonyl (C=O) groups is 1. The molecule has 0 aliphatic rings. The minimum Gasteiger partial charge on any atom is -0.312 e. The predicted molar refractivity (Wildman–Crippen MR) is 111 cm³/mol. The fraction of sp³-hybridized carbons (Fsp3) is 0.143. The molecule has 2 aromatic carbocycles. The molecule has 0 aliphatic heterocycles. The average Bonchev–Trinajstić information content (AvgIpc) is 3.12. The van der Waals surface area contributed by atoms with Gasteiger partial charge in [0.2, 0.25) is 0 Å². The fourth-order valence-corrected chi connectivity index (χ4v) is 3.77. The molecular weight excluding hydrogens is 370 g/mol. The van der Waals surface area contributed by atoms with Crippen molar-refractivity contribution in [3.05, 3.63) is 78.1 Å². The maximum Gasteiger partial charge on any atom is 0.256 e. The van der Waals surface area contributed by atoms with Crippen LogP contribution in [0.1, 0.15) is 28.1 Å². The summed E-state index contributed by atoms with van der Waals surface area (Å²) in [6.45, 7) is 2.08. The molecule has 6 nitrogen and oxygen atoms in total. The van der Waals surface area contributed by atoms with E-state index >= 15 is 0 Å². The maximum atomic E-state index is 12.7. The Morgan fingerprint density at radius 2 is 1.96 bits per heavy atom. The van der Waals surface area contributed by atoms with E-state index in [1.807, 2.05) is 66.2 Å². The molecular formula is C21H19N5OS. The van der Waals surface area contributed by atoms with Crippen LogP contribution in [-0.4, -0.2) is 25.7 Å². The summed E-state index contributed by atoms with van der Waals surface area (Å²) in [7, 11) is 1.91. The Morgan fingerprint density at radius 1 is 1.11 bits per heavy atom. The van der Waals surface area contributed by atoms with Gasteiger partial charge in [0.25, 0.3) is 5.91 Å². The number of rotatable bonds is 5. The van der Waals surface area contributed by atoms with E-state index in [4.69, 9.17) is 0 Å². The largest absolute Gasteiger partial charge is 0.312 e. The van der Waals surface area contributed by atoms with Gasteiger partial charge in [0.1, 0.15) is 12.1 Å². The van der Waals surface area contributed by atoms with Crippen LogP contribution in [0.25, 0.3) is 10.9 Å². The summed E-state index contributed by atoms with van der Waals surface area (Å²) in [5, 5.41) is 12.9. The van der Waals surface area contributed by atoms with Gasteiger partial charge in [-0.3, -0.25) is 4.79 Å². The lowest BCUT2D eigenvalue weighted by Crippen LogP contribution is -2.13. The molecule has 1 N–H and O–H groups in total. The van der Waals surface area contributed by atoms with E-state index in [0.717, 1.165) is 21.6 Å². The first-order chi connectivity index (χ1) is 13.6. The number of amides is 1. The van der Waals surface area contributed by atoms with Gasteiger partial charge in [0.05, 0.1) is 5.52 Å². The van der Waals surface area contributed by atoms with Crippen LogP contribution < -0.4 is 5.32 Å². The molecule has 0 unspecified atom stereocenters. The van der Waals surface area contributed by atoms with Crippen molar-refractivity contribution in [3.63, 3.8) is 0 Å². The Morgan fingerprint density at radius 3 is 2.79 bits per heavy atom. The quantitative estimate of drug-likeness (QED) is 0.510. The summed E-state index contributed by atoms with van der Waals surface area (Å²) in [6.07, 6.45) is 1.68. The van der Waals surface area contributed by atoms with Crippen LogP contribution in [0, 0.1) is 0 Å². The number of carbonyl (C=O) groups excluding carboxylic acids is 1. The fourth-order valence-electron chi connectivity index (χ4n) is 2.86. The molecule has 1 atom stereocenters. The second-order valence-electron chi connectivity index (χ2n) is 6.45. The van der Waals surface area contributed by atoms with Crippen LogP contribution in [0.15, 0.2) is 72.1 Å². The minimum atomic E-state index is -0.180. The standard InChI is InChI=1S/C21H19N5OS/c1-14(28-21-25-22-13-26(21)2)16-7-5-8-17(12-16)20(27)24-19-11-10-15-6-3-4-9-18(15)23-19/h3-14H,1-2H3,(H,23,24,27)/t14-/m0/s1. The van der Waals surface area contributed by atoms with Crippen molar-refractivity contribution >= 4 is 34.4 Å². The van der Waals surface area contributed by atoms with Crippen molar-refractivity contribution in [2.45, 2.75) is 17.3 Å². The third-order valence-corrected chi connectivity index (χ3v) is 5.62. The number of fused-ring (bicyclic) bond motifs is 1. The first-order valence-electron chi connectivity index (χ1n) is 8.88. The highest BCUT2D eigenvalue weighted by Crippen LogP contribution is 2.33. The number of anilines is 1. The maximum absolute atomic E-state index is 12.7. The van der Waals surface area contributed by atoms with E-state index in [-0.39, 0.29) is 11.2 Å². The molecule has 1 amide bonds. The molecule has 0 saturated carbocycles. The van der Waals surface area contributed by atoms with E-state index in [9.17, 15) is 4.79 Å². The number of nitrogens with zero attached hydrogens (tertiary/aromatic N) is 4. The van der Waals surface area contributed by atoms with Crippen molar-refractivity contribution in [2.75, 3.05) is 5.32 Å². The normalized spacial score (nSPS) is 12.1. The van der Waals surface area contributed by atoms with E-state index < -0.39 is 0 Å². The number of hydrogen-bond acceptors (Lipinski definition) is 5. The number of para-hydroxylation sites is 1. The molecule has 0 saturated heterocycles. The number of aromatic nitrogens is 4. The van der Waals surface area contributed by atoms with Crippen molar-refractivity contribution in [2.24, 2.45) is 7.05 Å². The highest BCUT2D eigenvalue weighted by atomic mass is 32.2. The Balaban J connectivity index is 1.51. The summed E-state index contributed by atoms with van der Waals surface area (Å²) in [5.74, 6) is 0.358. The average molecular weight is 389 g/mol. The second-order valence-corrected chi connectivity index (χ2v) is 7.76. The molecule has 2 aromatic heterocycles. The Labute approximate surface area is 167 Å². The highest BCUT2D eigenvalue weighted by Gasteiger charge is 2.14. The zero-order chi connectivity index (χ0) is 19.5. The highest BCUT2D eigenvalue weighted by molar-refractivity contribution is 7.99. The van der Waals surface area contributed by atoms with Crippen LogP contribution in [0.3, 0.4) is 0 Å². The van der Waals surface area contributed by atoms with E-state index in [1.165, 1.54) is 0 Å². The molecule has 0 spiro atoms. The molecule has 0 aliphatic carbocycles. The van der Waals surface area contributed by atoms with Gasteiger partial charge in [0, 0.05) is 23.2 Å². The smallest absolute Gasteiger partial charge is 0.256 e. The molecule has 28 heavy (non-hydrogen) atoms. The summed E-state index contributed by atoms with van der Waals surface area (Å²) in [4.78, 5) is 17.2. The summed E-state index contributed by atoms with van der Waals surface area (Å²) < 4.78 is 1.88. The van der Waals surface area contributed by atoms with Gasteiger partial charge in [0.15, 0.2) is 5.16 Å². The van der Waals surface area contributed by atoms with E-state index in [1.54, 1.807) is 24.2 Å². The zero-order valence-corrected chi connectivity index (χ0v) is 16.4. The van der Waals surface area contributed by atoms with E-state index in [2.05, 4.69) is 27.4 Å². The third kappa shape index (κ3) is 3.89. The van der Waals surface area contributed by atoms with Gasteiger partial charge in [-0.1, -0.05) is 42.1 Å². The first kappa shape index (κ1) is 18.2. The Hall–Kier alpha value is -3.19. The third-order valence-electron chi connectivity index (χ3n) is 4.41. The van der Waals surface area contributed by atoms with Gasteiger partial charge in [-0.2, -0.15) is 0 Å². The van der Waals surface area contributed by atoms with Crippen molar-refractivity contribution in [1.29, 1.82) is 0 Å². The molecule has 140 valence electrons. The van der Waals surface area contributed by atoms with Crippen molar-refractivity contribution in [3.8, 4) is 0 Å². The van der Waals surface area contributed by atoms with Gasteiger partial charge >= 0.3 is 0 Å². The van der Waals surface area contributed by atoms with Crippen molar-refractivity contribution in [1.82, 2.24) is 19.7 Å². The van der Waals surface area contributed by atoms with Gasteiger partial charge in [-0.25, -0.2) is 4.98 Å². The molecule has 7 heteroatoms. The summed E-state index contributed by atoms with van der Waals surface area (Å²) in [6, 6.07) is 19.2. The second kappa shape index (κ2) is 7.82. The summed E-state index contributed by atoms with van der Waals surface area (Å²) in [5.41, 5.74) is 2.49. The molecule has 0 radical (unpaired) electrons. The summed E-state index contributed by atoms with van der Waals surface area (Å²) >= 11 is 1.60. The monoisotopic (exact) mass is 389 g/mol.